The molecule has 0 bridgehead atoms. The molecule has 0 aromatic heterocycles. The number of nitrogens with zero attached hydrogens (tertiary/aromatic N) is 1. The van der Waals surface area contributed by atoms with Crippen molar-refractivity contribution >= 4 is 23.6 Å². The van der Waals surface area contributed by atoms with Crippen molar-refractivity contribution in [2.24, 2.45) is 11.8 Å². The van der Waals surface area contributed by atoms with E-state index in [2.05, 4.69) is 5.32 Å². The Morgan fingerprint density at radius 1 is 1.12 bits per heavy atom. The predicted octanol–water partition coefficient (Wildman–Crippen LogP) is 3.13. The Labute approximate surface area is 142 Å². The Morgan fingerprint density at radius 2 is 1.79 bits per heavy atom. The van der Waals surface area contributed by atoms with Crippen LogP contribution in [0.25, 0.3) is 6.08 Å². The van der Waals surface area contributed by atoms with Gasteiger partial charge >= 0.3 is 0 Å². The molecule has 1 aromatic carbocycles. The summed E-state index contributed by atoms with van der Waals surface area (Å²) in [6, 6.07) is 8.23. The summed E-state index contributed by atoms with van der Waals surface area (Å²) in [6.07, 6.45) is 10.1. The van der Waals surface area contributed by atoms with Crippen molar-refractivity contribution in [3.8, 4) is 0 Å². The minimum Gasteiger partial charge on any atom is -0.349 e. The number of nitrogens with one attached hydrogen (secondary N) is 1. The second kappa shape index (κ2) is 6.42. The Morgan fingerprint density at radius 3 is 2.33 bits per heavy atom. The van der Waals surface area contributed by atoms with Gasteiger partial charge in [0.2, 0.25) is 11.8 Å². The van der Waals surface area contributed by atoms with Crippen LogP contribution in [0.1, 0.15) is 44.1 Å². The first-order chi connectivity index (χ1) is 11.7. The highest BCUT2D eigenvalue weighted by atomic mass is 16.2. The minimum atomic E-state index is 0.0117. The van der Waals surface area contributed by atoms with Crippen molar-refractivity contribution in [3.63, 3.8) is 0 Å². The molecule has 2 saturated carbocycles. The summed E-state index contributed by atoms with van der Waals surface area (Å²) in [5, 5.41) is 3.19. The lowest BCUT2D eigenvalue weighted by Crippen LogP contribution is -2.37. The van der Waals surface area contributed by atoms with Crippen LogP contribution in [0.15, 0.2) is 30.3 Å². The van der Waals surface area contributed by atoms with Crippen LogP contribution in [0, 0.1) is 11.8 Å². The minimum absolute atomic E-state index is 0.0117. The monoisotopic (exact) mass is 324 g/mol. The molecule has 4 heteroatoms. The number of carbonyl (C=O) groups is 2. The maximum Gasteiger partial charge on any atom is 0.244 e. The molecule has 4 nitrogen and oxygen atoms in total. The molecule has 1 aromatic rings. The molecule has 1 N–H and O–H groups in total. The molecule has 1 heterocycles. The van der Waals surface area contributed by atoms with Gasteiger partial charge in [0.15, 0.2) is 0 Å². The van der Waals surface area contributed by atoms with Crippen molar-refractivity contribution in [1.29, 1.82) is 0 Å². The summed E-state index contributed by atoms with van der Waals surface area (Å²) >= 11 is 0. The van der Waals surface area contributed by atoms with E-state index in [1.54, 1.807) is 6.08 Å². The third-order valence-electron chi connectivity index (χ3n) is 5.27. The van der Waals surface area contributed by atoms with Crippen LogP contribution in [-0.4, -0.2) is 24.4 Å². The topological polar surface area (TPSA) is 49.4 Å². The number of amides is 2. The van der Waals surface area contributed by atoms with Gasteiger partial charge in [-0.15, -0.1) is 0 Å². The van der Waals surface area contributed by atoms with E-state index >= 15 is 0 Å². The normalized spacial score (nSPS) is 21.0. The molecule has 24 heavy (non-hydrogen) atoms. The third kappa shape index (κ3) is 3.53. The Balaban J connectivity index is 1.34. The molecule has 3 fully saturated rings. The molecular weight excluding hydrogens is 300 g/mol. The van der Waals surface area contributed by atoms with Crippen LogP contribution in [0.2, 0.25) is 0 Å². The molecule has 4 rings (SSSR count). The van der Waals surface area contributed by atoms with Gasteiger partial charge in [-0.25, -0.2) is 0 Å². The molecule has 0 atom stereocenters. The molecule has 3 aliphatic rings. The first-order valence-electron chi connectivity index (χ1n) is 9.10. The van der Waals surface area contributed by atoms with Crippen LogP contribution >= 0.6 is 0 Å². The molecular formula is C20H24N2O2. The van der Waals surface area contributed by atoms with Crippen molar-refractivity contribution in [1.82, 2.24) is 5.32 Å². The molecule has 1 aliphatic heterocycles. The van der Waals surface area contributed by atoms with Gasteiger partial charge in [0.25, 0.3) is 0 Å². The molecule has 0 unspecified atom stereocenters. The van der Waals surface area contributed by atoms with Crippen LogP contribution in [-0.2, 0) is 9.59 Å². The lowest BCUT2D eigenvalue weighted by Gasteiger charge is -2.16. The second-order valence-corrected chi connectivity index (χ2v) is 7.28. The van der Waals surface area contributed by atoms with Crippen molar-refractivity contribution in [2.75, 3.05) is 11.4 Å². The number of carbonyl (C=O) groups excluding carboxylic acids is 2. The average Bonchev–Trinajstić information content (AvgIpc) is 3.51. The van der Waals surface area contributed by atoms with Gasteiger partial charge in [-0.2, -0.15) is 0 Å². The smallest absolute Gasteiger partial charge is 0.244 e. The molecule has 1 saturated heterocycles. The van der Waals surface area contributed by atoms with Gasteiger partial charge in [0, 0.05) is 30.8 Å². The van der Waals surface area contributed by atoms with Crippen LogP contribution in [0.5, 0.6) is 0 Å². The van der Waals surface area contributed by atoms with Gasteiger partial charge in [-0.3, -0.25) is 9.59 Å². The largest absolute Gasteiger partial charge is 0.349 e. The SMILES string of the molecule is O=C(/C=C/c1ccc(N2CCCC2=O)cc1)NC(C1CC1)C1CC1. The highest BCUT2D eigenvalue weighted by Gasteiger charge is 2.41. The van der Waals surface area contributed by atoms with Gasteiger partial charge in [0.1, 0.15) is 0 Å². The highest BCUT2D eigenvalue weighted by Crippen LogP contribution is 2.44. The maximum absolute atomic E-state index is 12.2. The number of hydrogen-bond acceptors (Lipinski definition) is 2. The lowest BCUT2D eigenvalue weighted by molar-refractivity contribution is -0.118. The fourth-order valence-corrected chi connectivity index (χ4v) is 3.60. The van der Waals surface area contributed by atoms with E-state index in [0.717, 1.165) is 24.2 Å². The number of hydrogen-bond donors (Lipinski definition) is 1. The Kier molecular flexibility index (Phi) is 4.13. The molecule has 2 amide bonds. The first-order valence-corrected chi connectivity index (χ1v) is 9.10. The highest BCUT2D eigenvalue weighted by molar-refractivity contribution is 5.95. The fourth-order valence-electron chi connectivity index (χ4n) is 3.60. The van der Waals surface area contributed by atoms with Gasteiger partial charge in [0.05, 0.1) is 0 Å². The molecule has 126 valence electrons. The van der Waals surface area contributed by atoms with Crippen LogP contribution in [0.3, 0.4) is 0 Å². The Bertz CT molecular complexity index is 645. The zero-order chi connectivity index (χ0) is 16.5. The summed E-state index contributed by atoms with van der Waals surface area (Å²) in [5.74, 6) is 1.64. The van der Waals surface area contributed by atoms with E-state index in [1.807, 2.05) is 35.2 Å². The predicted molar refractivity (Wildman–Crippen MR) is 94.4 cm³/mol. The van der Waals surface area contributed by atoms with E-state index in [0.29, 0.717) is 24.3 Å². The molecule has 0 spiro atoms. The molecule has 2 aliphatic carbocycles. The maximum atomic E-state index is 12.2. The Hall–Kier alpha value is -2.10. The number of rotatable bonds is 6. The number of benzene rings is 1. The van der Waals surface area contributed by atoms with Gasteiger partial charge < -0.3 is 10.2 Å². The van der Waals surface area contributed by atoms with Crippen molar-refractivity contribution in [2.45, 2.75) is 44.6 Å². The number of anilines is 1. The summed E-state index contributed by atoms with van der Waals surface area (Å²) in [5.41, 5.74) is 1.93. The van der Waals surface area contributed by atoms with Gasteiger partial charge in [-0.05, 0) is 67.7 Å². The van der Waals surface area contributed by atoms with Crippen LogP contribution in [0.4, 0.5) is 5.69 Å². The fraction of sp³-hybridized carbons (Fsp3) is 0.500. The summed E-state index contributed by atoms with van der Waals surface area (Å²) in [7, 11) is 0. The zero-order valence-corrected chi connectivity index (χ0v) is 13.9. The van der Waals surface area contributed by atoms with E-state index < -0.39 is 0 Å². The molecule has 0 radical (unpaired) electrons. The standard InChI is InChI=1S/C20H24N2O2/c23-18(21-20(15-6-7-15)16-8-9-16)12-5-14-3-10-17(11-4-14)22-13-1-2-19(22)24/h3-5,10-12,15-16,20H,1-2,6-9,13H2,(H,21,23)/b12-5+. The zero-order valence-electron chi connectivity index (χ0n) is 13.9. The quantitative estimate of drug-likeness (QED) is 0.817. The van der Waals surface area contributed by atoms with E-state index in [1.165, 1.54) is 25.7 Å². The second-order valence-electron chi connectivity index (χ2n) is 7.28. The van der Waals surface area contributed by atoms with E-state index in [-0.39, 0.29) is 11.8 Å². The van der Waals surface area contributed by atoms with Crippen molar-refractivity contribution in [3.05, 3.63) is 35.9 Å². The summed E-state index contributed by atoms with van der Waals surface area (Å²) in [4.78, 5) is 25.7. The van der Waals surface area contributed by atoms with E-state index in [4.69, 9.17) is 0 Å². The van der Waals surface area contributed by atoms with Gasteiger partial charge in [-0.1, -0.05) is 12.1 Å². The summed E-state index contributed by atoms with van der Waals surface area (Å²) in [6.45, 7) is 0.806. The van der Waals surface area contributed by atoms with E-state index in [9.17, 15) is 9.59 Å². The average molecular weight is 324 g/mol. The van der Waals surface area contributed by atoms with Crippen molar-refractivity contribution < 1.29 is 9.59 Å². The van der Waals surface area contributed by atoms with Crippen LogP contribution < -0.4 is 10.2 Å². The lowest BCUT2D eigenvalue weighted by atomic mass is 10.1. The first kappa shape index (κ1) is 15.4. The third-order valence-corrected chi connectivity index (χ3v) is 5.27. The summed E-state index contributed by atoms with van der Waals surface area (Å²) < 4.78 is 0.